The summed E-state index contributed by atoms with van der Waals surface area (Å²) in [5, 5.41) is 15.8. The fourth-order valence-electron chi connectivity index (χ4n) is 8.23. The Morgan fingerprint density at radius 3 is 2.65 bits per heavy atom. The van der Waals surface area contributed by atoms with Crippen LogP contribution in [0.1, 0.15) is 56.7 Å². The van der Waals surface area contributed by atoms with Gasteiger partial charge in [-0.2, -0.15) is 9.97 Å². The summed E-state index contributed by atoms with van der Waals surface area (Å²) in [6.07, 6.45) is -0.493. The van der Waals surface area contributed by atoms with E-state index in [2.05, 4.69) is 26.9 Å². The van der Waals surface area contributed by atoms with Crippen LogP contribution in [0.5, 0.6) is 11.8 Å². The average molecular weight is 713 g/mol. The molecule has 1 saturated carbocycles. The van der Waals surface area contributed by atoms with E-state index in [9.17, 15) is 22.7 Å². The van der Waals surface area contributed by atoms with Gasteiger partial charge in [0.1, 0.15) is 28.6 Å². The molecule has 0 spiro atoms. The Labute approximate surface area is 292 Å². The summed E-state index contributed by atoms with van der Waals surface area (Å²) in [5.74, 6) is -0.705. The zero-order valence-electron chi connectivity index (χ0n) is 28.6. The van der Waals surface area contributed by atoms with E-state index in [1.807, 2.05) is 4.90 Å². The molecule has 3 atom stereocenters. The largest absolute Gasteiger partial charge is 0.522 e. The number of ether oxygens (including phenoxy) is 2. The molecule has 2 saturated heterocycles. The Kier molecular flexibility index (Phi) is 8.69. The lowest BCUT2D eigenvalue weighted by Gasteiger charge is -2.42. The highest BCUT2D eigenvalue weighted by Gasteiger charge is 2.47. The van der Waals surface area contributed by atoms with Crippen molar-refractivity contribution in [3.05, 3.63) is 47.2 Å². The van der Waals surface area contributed by atoms with E-state index in [0.717, 1.165) is 38.6 Å². The number of phenolic OH excluding ortho intramolecular Hbond substituents is 1. The van der Waals surface area contributed by atoms with Gasteiger partial charge in [0.25, 0.3) is 0 Å². The zero-order valence-corrected chi connectivity index (χ0v) is 28.6. The number of aryl methyl sites for hydroxylation is 2. The maximum Gasteiger partial charge on any atom is 0.522 e. The number of nitrogens with zero attached hydrogens (tertiary/aromatic N) is 5. The fourth-order valence-corrected chi connectivity index (χ4v) is 8.23. The molecule has 0 amide bonds. The first-order valence-electron chi connectivity index (χ1n) is 17.8. The van der Waals surface area contributed by atoms with Gasteiger partial charge in [0.15, 0.2) is 5.82 Å². The molecule has 3 aliphatic heterocycles. The molecule has 0 unspecified atom stereocenters. The third-order valence-corrected chi connectivity index (χ3v) is 11.1. The molecule has 1 aliphatic carbocycles. The molecule has 272 valence electrons. The highest BCUT2D eigenvalue weighted by Crippen LogP contribution is 2.48. The number of benzene rings is 2. The maximum atomic E-state index is 17.1. The van der Waals surface area contributed by atoms with Crippen molar-refractivity contribution in [2.75, 3.05) is 44.2 Å². The molecular formula is C37H41F5N6O3. The standard InChI is InChI=1S/C37H41F5N6O3/c1-3-22-16-48-23(15-43-22)5-4-6-28-30-33(31(39)32(44-28)26-14-24(49)13-21-7-8-27(38)20(2)29(21)26)45-35(46-34(30)48)50-19-36(10-11-36)18-47-12-9-25(17-47)51-37(40,41)42/h7-8,13-14,22-23,25,43,49H,3-6,9-12,15-19H2,1-2H3/t22-,23-,25+/m1/s1. The van der Waals surface area contributed by atoms with Crippen LogP contribution >= 0.6 is 0 Å². The Morgan fingerprint density at radius 1 is 1.06 bits per heavy atom. The Morgan fingerprint density at radius 2 is 1.88 bits per heavy atom. The van der Waals surface area contributed by atoms with E-state index >= 15 is 4.39 Å². The molecule has 2 aromatic heterocycles. The molecule has 5 heterocycles. The second-order valence-corrected chi connectivity index (χ2v) is 14.7. The van der Waals surface area contributed by atoms with E-state index in [4.69, 9.17) is 14.7 Å². The monoisotopic (exact) mass is 712 g/mol. The van der Waals surface area contributed by atoms with E-state index in [1.54, 1.807) is 13.0 Å². The molecule has 8 rings (SSSR count). The molecule has 51 heavy (non-hydrogen) atoms. The van der Waals surface area contributed by atoms with Crippen molar-refractivity contribution < 1.29 is 36.5 Å². The van der Waals surface area contributed by atoms with E-state index in [-0.39, 0.29) is 59.2 Å². The lowest BCUT2D eigenvalue weighted by Crippen LogP contribution is -2.57. The van der Waals surface area contributed by atoms with Crippen molar-refractivity contribution in [3.63, 3.8) is 0 Å². The molecule has 4 aromatic rings. The van der Waals surface area contributed by atoms with Crippen LogP contribution in [-0.2, 0) is 11.2 Å². The molecule has 4 aliphatic rings. The van der Waals surface area contributed by atoms with Crippen LogP contribution < -0.4 is 15.0 Å². The van der Waals surface area contributed by atoms with Crippen molar-refractivity contribution in [1.29, 1.82) is 0 Å². The van der Waals surface area contributed by atoms with E-state index in [0.29, 0.717) is 65.7 Å². The van der Waals surface area contributed by atoms with Crippen LogP contribution in [0.3, 0.4) is 0 Å². The lowest BCUT2D eigenvalue weighted by atomic mass is 9.94. The summed E-state index contributed by atoms with van der Waals surface area (Å²) >= 11 is 0. The predicted molar refractivity (Wildman–Crippen MR) is 182 cm³/mol. The number of fused-ring (bicyclic) bond motifs is 3. The van der Waals surface area contributed by atoms with Crippen molar-refractivity contribution in [3.8, 4) is 23.0 Å². The van der Waals surface area contributed by atoms with Crippen molar-refractivity contribution in [2.24, 2.45) is 5.41 Å². The number of hydrogen-bond donors (Lipinski definition) is 2. The van der Waals surface area contributed by atoms with Gasteiger partial charge in [-0.05, 0) is 86.4 Å². The quantitative estimate of drug-likeness (QED) is 0.191. The van der Waals surface area contributed by atoms with Gasteiger partial charge in [-0.15, -0.1) is 13.2 Å². The number of hydrogen-bond acceptors (Lipinski definition) is 9. The van der Waals surface area contributed by atoms with Gasteiger partial charge in [0.05, 0.1) is 23.8 Å². The number of likely N-dealkylation sites (tertiary alicyclic amines) is 1. The molecule has 0 bridgehead atoms. The molecule has 3 fully saturated rings. The van der Waals surface area contributed by atoms with Crippen LogP contribution in [-0.4, -0.2) is 88.8 Å². The number of pyridine rings is 1. The third kappa shape index (κ3) is 6.66. The summed E-state index contributed by atoms with van der Waals surface area (Å²) in [6, 6.07) is 6.14. The second kappa shape index (κ2) is 13.0. The minimum Gasteiger partial charge on any atom is -0.508 e. The van der Waals surface area contributed by atoms with Gasteiger partial charge in [-0.1, -0.05) is 13.0 Å². The average Bonchev–Trinajstić information content (AvgIpc) is 3.72. The van der Waals surface area contributed by atoms with Gasteiger partial charge < -0.3 is 20.1 Å². The Hall–Kier alpha value is -3.88. The van der Waals surface area contributed by atoms with Gasteiger partial charge in [-0.3, -0.25) is 9.64 Å². The molecular weight excluding hydrogens is 671 g/mol. The van der Waals surface area contributed by atoms with Gasteiger partial charge in [0, 0.05) is 55.8 Å². The van der Waals surface area contributed by atoms with Crippen molar-refractivity contribution in [2.45, 2.75) is 83.3 Å². The number of phenols is 1. The number of alkyl halides is 3. The number of aromatic nitrogens is 3. The SMILES string of the molecule is CC[C@@H]1CN2c3nc(OCC4(CN5CC[C@H](OC(F)(F)F)C5)CC4)nc4c(F)c(-c5cc(O)cc6ccc(F)c(C)c56)nc(c34)CCC[C@@H]2CN1. The summed E-state index contributed by atoms with van der Waals surface area (Å²) in [4.78, 5) is 18.7. The summed E-state index contributed by atoms with van der Waals surface area (Å²) in [6.45, 7) is 6.62. The molecule has 2 aromatic carbocycles. The molecule has 0 radical (unpaired) electrons. The first kappa shape index (κ1) is 34.2. The smallest absolute Gasteiger partial charge is 0.508 e. The number of rotatable bonds is 8. The number of aromatic hydroxyl groups is 1. The van der Waals surface area contributed by atoms with E-state index in [1.165, 1.54) is 18.2 Å². The topological polar surface area (TPSA) is 95.9 Å². The zero-order chi connectivity index (χ0) is 35.7. The second-order valence-electron chi connectivity index (χ2n) is 14.7. The minimum atomic E-state index is -4.67. The van der Waals surface area contributed by atoms with E-state index < -0.39 is 24.1 Å². The summed E-state index contributed by atoms with van der Waals surface area (Å²) in [5.41, 5.74) is 0.943. The number of anilines is 1. The molecule has 14 heteroatoms. The molecule has 9 nitrogen and oxygen atoms in total. The number of nitrogens with one attached hydrogen (secondary N) is 1. The summed E-state index contributed by atoms with van der Waals surface area (Å²) in [7, 11) is 0. The highest BCUT2D eigenvalue weighted by atomic mass is 19.4. The highest BCUT2D eigenvalue weighted by molar-refractivity contribution is 6.02. The lowest BCUT2D eigenvalue weighted by molar-refractivity contribution is -0.340. The normalized spacial score (nSPS) is 23.4. The van der Waals surface area contributed by atoms with Gasteiger partial charge in [0.2, 0.25) is 0 Å². The third-order valence-electron chi connectivity index (χ3n) is 11.1. The minimum absolute atomic E-state index is 0.0133. The first-order chi connectivity index (χ1) is 24.4. The first-order valence-corrected chi connectivity index (χ1v) is 17.8. The fraction of sp³-hybridized carbons (Fsp3) is 0.541. The van der Waals surface area contributed by atoms with Crippen LogP contribution in [0.15, 0.2) is 24.3 Å². The van der Waals surface area contributed by atoms with Crippen LogP contribution in [0.2, 0.25) is 0 Å². The van der Waals surface area contributed by atoms with Crippen LogP contribution in [0.4, 0.5) is 27.8 Å². The van der Waals surface area contributed by atoms with Crippen molar-refractivity contribution >= 4 is 27.5 Å². The molecule has 2 N–H and O–H groups in total. The number of halogens is 5. The van der Waals surface area contributed by atoms with Crippen LogP contribution in [0.25, 0.3) is 32.9 Å². The Bertz CT molecular complexity index is 1990. The van der Waals surface area contributed by atoms with Crippen molar-refractivity contribution in [1.82, 2.24) is 25.2 Å². The summed E-state index contributed by atoms with van der Waals surface area (Å²) < 4.78 is 81.1. The predicted octanol–water partition coefficient (Wildman–Crippen LogP) is 6.80. The van der Waals surface area contributed by atoms with Gasteiger partial charge >= 0.3 is 12.4 Å². The van der Waals surface area contributed by atoms with Gasteiger partial charge in [-0.25, -0.2) is 13.8 Å². The van der Waals surface area contributed by atoms with Crippen LogP contribution in [0, 0.1) is 24.0 Å². The Balaban J connectivity index is 1.20. The maximum absolute atomic E-state index is 17.1. The number of piperazine rings is 1.